The average molecular weight is 1070 g/mol. The van der Waals surface area contributed by atoms with Gasteiger partial charge in [-0.25, -0.2) is 0 Å². The lowest BCUT2D eigenvalue weighted by Crippen LogP contribution is -1.94. The zero-order valence-corrected chi connectivity index (χ0v) is 31.2. The molecule has 2 aromatic carbocycles. The number of hydrogen-bond acceptors (Lipinski definition) is 1. The van der Waals surface area contributed by atoms with Gasteiger partial charge in [0.15, 0.2) is 0 Å². The molecule has 0 fully saturated rings. The van der Waals surface area contributed by atoms with Gasteiger partial charge in [0.2, 0.25) is 0 Å². The minimum atomic E-state index is 0.557. The Hall–Kier alpha value is 2.68. The van der Waals surface area contributed by atoms with Crippen LogP contribution in [0.15, 0.2) is 69.0 Å². The van der Waals surface area contributed by atoms with Gasteiger partial charge in [-0.2, -0.15) is 0 Å². The number of allylic oxidation sites excluding steroid dienone is 2. The van der Waals surface area contributed by atoms with Crippen LogP contribution in [-0.4, -0.2) is 13.2 Å². The first kappa shape index (κ1) is 29.9. The van der Waals surface area contributed by atoms with Crippen LogP contribution in [0, 0.1) is 0 Å². The topological polar surface area (TPSA) is 9.23 Å². The molecule has 2 aromatic rings. The Labute approximate surface area is 266 Å². The number of ether oxygens (including phenoxy) is 1. The molecule has 0 amide bonds. The van der Waals surface area contributed by atoms with E-state index in [1.165, 1.54) is 0 Å². The molecule has 0 radical (unpaired) electrons. The summed E-state index contributed by atoms with van der Waals surface area (Å²) >= 11 is 36.1. The molecule has 168 valence electrons. The summed E-state index contributed by atoms with van der Waals surface area (Å²) in [6, 6.07) is 0. The summed E-state index contributed by atoms with van der Waals surface area (Å²) in [5, 5.41) is 0. The maximum Gasteiger partial charge on any atom is 0.0651 e. The second kappa shape index (κ2) is 14.4. The fourth-order valence-electron chi connectivity index (χ4n) is 2.40. The van der Waals surface area contributed by atoms with Crippen molar-refractivity contribution in [3.05, 3.63) is 80.2 Å². The molecule has 2 rings (SSSR count). The van der Waals surface area contributed by atoms with Crippen LogP contribution in [0.1, 0.15) is 11.1 Å². The quantitative estimate of drug-likeness (QED) is 0.111. The third kappa shape index (κ3) is 7.83. The van der Waals surface area contributed by atoms with Crippen molar-refractivity contribution in [3.63, 3.8) is 0 Å². The van der Waals surface area contributed by atoms with Crippen LogP contribution in [0.3, 0.4) is 0 Å². The van der Waals surface area contributed by atoms with Gasteiger partial charge in [-0.15, -0.1) is 0 Å². The normalized spacial score (nSPS) is 11.9. The molecule has 0 aliphatic rings. The highest BCUT2D eigenvalue weighted by Crippen LogP contribution is 2.45. The van der Waals surface area contributed by atoms with E-state index in [9.17, 15) is 0 Å². The zero-order valence-electron chi connectivity index (χ0n) is 15.3. The monoisotopic (exact) mass is 1060 g/mol. The molecule has 11 heteroatoms. The first-order valence-corrected chi connectivity index (χ1v) is 16.4. The molecule has 1 nitrogen and oxygen atoms in total. The summed E-state index contributed by atoms with van der Waals surface area (Å²) in [4.78, 5) is 0. The van der Waals surface area contributed by atoms with Crippen molar-refractivity contribution in [1.82, 2.24) is 0 Å². The molecular weight excluding hydrogens is 1060 g/mol. The van der Waals surface area contributed by atoms with E-state index in [1.54, 1.807) is 0 Å². The van der Waals surface area contributed by atoms with Crippen molar-refractivity contribution in [2.24, 2.45) is 0 Å². The van der Waals surface area contributed by atoms with E-state index in [-0.39, 0.29) is 0 Å². The number of benzene rings is 2. The molecule has 0 bridgehead atoms. The van der Waals surface area contributed by atoms with Crippen molar-refractivity contribution in [3.8, 4) is 0 Å². The van der Waals surface area contributed by atoms with Crippen molar-refractivity contribution in [2.45, 2.75) is 12.8 Å². The maximum absolute atomic E-state index is 5.69. The molecule has 0 heterocycles. The number of halogens is 10. The first-order chi connectivity index (χ1) is 14.6. The first-order valence-electron chi connectivity index (χ1n) is 8.47. The van der Waals surface area contributed by atoms with Crippen LogP contribution in [0.2, 0.25) is 0 Å². The standard InChI is InChI=1S/C20H12Br10O/c21-11-9(12(22)16(26)19(29)15(11)25)5-1-3-7-31-8-4-2-6-10-13(23)17(27)20(30)18(28)14(10)24/h1-4H,5-8H2. The van der Waals surface area contributed by atoms with Crippen LogP contribution in [-0.2, 0) is 17.6 Å². The molecule has 0 aromatic heterocycles. The highest BCUT2D eigenvalue weighted by atomic mass is 79.9. The number of hydrogen-bond donors (Lipinski definition) is 0. The van der Waals surface area contributed by atoms with Crippen molar-refractivity contribution >= 4 is 159 Å². The van der Waals surface area contributed by atoms with Gasteiger partial charge in [-0.1, -0.05) is 24.3 Å². The maximum atomic E-state index is 5.69. The van der Waals surface area contributed by atoms with Crippen LogP contribution in [0.25, 0.3) is 0 Å². The lowest BCUT2D eigenvalue weighted by Gasteiger charge is -2.12. The van der Waals surface area contributed by atoms with E-state index in [2.05, 4.69) is 171 Å². The van der Waals surface area contributed by atoms with Crippen LogP contribution < -0.4 is 0 Å². The van der Waals surface area contributed by atoms with Crippen LogP contribution in [0.5, 0.6) is 0 Å². The molecule has 0 unspecified atom stereocenters. The van der Waals surface area contributed by atoms with Crippen molar-refractivity contribution in [2.75, 3.05) is 13.2 Å². The van der Waals surface area contributed by atoms with Gasteiger partial charge in [-0.3, -0.25) is 0 Å². The largest absolute Gasteiger partial charge is 0.373 e. The van der Waals surface area contributed by atoms with E-state index in [1.807, 2.05) is 12.2 Å². The van der Waals surface area contributed by atoms with Gasteiger partial charge >= 0.3 is 0 Å². The van der Waals surface area contributed by atoms with Gasteiger partial charge < -0.3 is 4.74 Å². The second-order valence-corrected chi connectivity index (χ2v) is 13.9. The van der Waals surface area contributed by atoms with Gasteiger partial charge in [0.1, 0.15) is 0 Å². The Morgan fingerprint density at radius 3 is 0.935 bits per heavy atom. The SMILES string of the molecule is Brc1c(Br)c(Br)c(CC=CCOCC=CCc2c(Br)c(Br)c(Br)c(Br)c2Br)c(Br)c1Br. The van der Waals surface area contributed by atoms with Crippen molar-refractivity contribution < 1.29 is 4.74 Å². The molecule has 0 spiro atoms. The lowest BCUT2D eigenvalue weighted by molar-refractivity contribution is 0.193. The van der Waals surface area contributed by atoms with Crippen LogP contribution >= 0.6 is 159 Å². The molecule has 0 aliphatic heterocycles. The Kier molecular flexibility index (Phi) is 13.9. The Bertz CT molecular complexity index is 890. The Morgan fingerprint density at radius 1 is 0.387 bits per heavy atom. The molecule has 0 saturated heterocycles. The lowest BCUT2D eigenvalue weighted by atomic mass is 10.1. The molecule has 31 heavy (non-hydrogen) atoms. The number of rotatable bonds is 8. The van der Waals surface area contributed by atoms with Gasteiger partial charge in [0.05, 0.1) is 13.2 Å². The summed E-state index contributed by atoms with van der Waals surface area (Å²) in [7, 11) is 0. The third-order valence-electron chi connectivity index (χ3n) is 4.01. The fourth-order valence-corrected chi connectivity index (χ4v) is 9.31. The molecule has 0 N–H and O–H groups in total. The van der Waals surface area contributed by atoms with Gasteiger partial charge in [-0.05, 0) is 183 Å². The predicted molar refractivity (Wildman–Crippen MR) is 166 cm³/mol. The summed E-state index contributed by atoms with van der Waals surface area (Å²) in [6.07, 6.45) is 9.83. The van der Waals surface area contributed by atoms with E-state index in [4.69, 9.17) is 4.74 Å². The van der Waals surface area contributed by atoms with E-state index in [0.29, 0.717) is 13.2 Å². The smallest absolute Gasteiger partial charge is 0.0651 e. The summed E-state index contributed by atoms with van der Waals surface area (Å²) in [5.41, 5.74) is 2.31. The average Bonchev–Trinajstić information content (AvgIpc) is 2.76. The van der Waals surface area contributed by atoms with Crippen LogP contribution in [0.4, 0.5) is 0 Å². The van der Waals surface area contributed by atoms with E-state index >= 15 is 0 Å². The van der Waals surface area contributed by atoms with Gasteiger partial charge in [0.25, 0.3) is 0 Å². The minimum Gasteiger partial charge on any atom is -0.373 e. The molecular formula is C20H12Br10O. The summed E-state index contributed by atoms with van der Waals surface area (Å²) in [5.74, 6) is 0. The van der Waals surface area contributed by atoms with Crippen molar-refractivity contribution in [1.29, 1.82) is 0 Å². The highest BCUT2D eigenvalue weighted by molar-refractivity contribution is 9.16. The summed E-state index contributed by atoms with van der Waals surface area (Å²) < 4.78 is 15.6. The van der Waals surface area contributed by atoms with Gasteiger partial charge in [0, 0.05) is 44.7 Å². The molecule has 0 atom stereocenters. The second-order valence-electron chi connectivity index (χ2n) is 5.99. The Balaban J connectivity index is 1.85. The van der Waals surface area contributed by atoms with E-state index < -0.39 is 0 Å². The summed E-state index contributed by atoms with van der Waals surface area (Å²) in [6.45, 7) is 1.11. The fraction of sp³-hybridized carbons (Fsp3) is 0.200. The Morgan fingerprint density at radius 2 is 0.645 bits per heavy atom. The minimum absolute atomic E-state index is 0.557. The predicted octanol–water partition coefficient (Wildman–Crippen LogP) is 12.2. The molecule has 0 saturated carbocycles. The highest BCUT2D eigenvalue weighted by Gasteiger charge is 2.17. The third-order valence-corrected chi connectivity index (χ3v) is 16.5. The van der Waals surface area contributed by atoms with E-state index in [0.717, 1.165) is 68.7 Å². The molecule has 0 aliphatic carbocycles. The zero-order chi connectivity index (χ0) is 23.3.